The van der Waals surface area contributed by atoms with Gasteiger partial charge in [0.1, 0.15) is 10.3 Å². The molecule has 1 N–H and O–H groups in total. The largest absolute Gasteiger partial charge is 0.352 e. The third-order valence-electron chi connectivity index (χ3n) is 5.02. The highest BCUT2D eigenvalue weighted by molar-refractivity contribution is 7.21. The van der Waals surface area contributed by atoms with E-state index in [9.17, 15) is 9.59 Å². The zero-order valence-electron chi connectivity index (χ0n) is 16.4. The van der Waals surface area contributed by atoms with Crippen molar-refractivity contribution in [2.75, 3.05) is 37.6 Å². The molecule has 2 amide bonds. The number of nitrogens with zero attached hydrogens (tertiary/aromatic N) is 4. The van der Waals surface area contributed by atoms with E-state index in [1.807, 2.05) is 17.0 Å². The molecule has 0 saturated carbocycles. The molecule has 1 aliphatic heterocycles. The molecule has 0 atom stereocenters. The van der Waals surface area contributed by atoms with Gasteiger partial charge in [-0.3, -0.25) is 9.59 Å². The van der Waals surface area contributed by atoms with Crippen molar-refractivity contribution in [3.05, 3.63) is 53.2 Å². The summed E-state index contributed by atoms with van der Waals surface area (Å²) >= 11 is 7.42. The molecule has 1 fully saturated rings. The number of pyridine rings is 1. The molecule has 0 bridgehead atoms. The van der Waals surface area contributed by atoms with Crippen LogP contribution in [-0.2, 0) is 4.79 Å². The number of anilines is 1. The van der Waals surface area contributed by atoms with Gasteiger partial charge in [-0.15, -0.1) is 0 Å². The Labute approximate surface area is 183 Å². The Morgan fingerprint density at radius 2 is 1.87 bits per heavy atom. The van der Waals surface area contributed by atoms with Crippen molar-refractivity contribution in [1.82, 2.24) is 20.2 Å². The van der Waals surface area contributed by atoms with Crippen LogP contribution in [0.5, 0.6) is 0 Å². The summed E-state index contributed by atoms with van der Waals surface area (Å²) in [4.78, 5) is 38.6. The molecule has 30 heavy (non-hydrogen) atoms. The number of carbonyl (C=O) groups excluding carboxylic acids is 2. The van der Waals surface area contributed by atoms with Crippen molar-refractivity contribution in [2.24, 2.45) is 0 Å². The summed E-state index contributed by atoms with van der Waals surface area (Å²) in [6, 6.07) is 10.6. The van der Waals surface area contributed by atoms with Gasteiger partial charge in [0.05, 0.1) is 0 Å². The zero-order chi connectivity index (χ0) is 20.9. The van der Waals surface area contributed by atoms with Gasteiger partial charge < -0.3 is 15.1 Å². The SMILES string of the molecule is O=C(NCCCC(=O)N1CCN(c2nc3cccnc3s2)CC1)c1ccc(Cl)cc1. The maximum absolute atomic E-state index is 12.5. The lowest BCUT2D eigenvalue weighted by Crippen LogP contribution is -2.48. The number of benzene rings is 1. The highest BCUT2D eigenvalue weighted by Gasteiger charge is 2.23. The summed E-state index contributed by atoms with van der Waals surface area (Å²) in [5.41, 5.74) is 1.48. The average molecular weight is 444 g/mol. The molecule has 156 valence electrons. The molecule has 3 heterocycles. The predicted molar refractivity (Wildman–Crippen MR) is 119 cm³/mol. The van der Waals surface area contributed by atoms with Crippen LogP contribution in [0, 0.1) is 0 Å². The molecule has 0 aliphatic carbocycles. The third-order valence-corrected chi connectivity index (χ3v) is 6.31. The monoisotopic (exact) mass is 443 g/mol. The van der Waals surface area contributed by atoms with Crippen LogP contribution in [0.4, 0.5) is 5.13 Å². The number of carbonyl (C=O) groups is 2. The number of thiazole rings is 1. The maximum Gasteiger partial charge on any atom is 0.251 e. The van der Waals surface area contributed by atoms with Crippen molar-refractivity contribution < 1.29 is 9.59 Å². The first-order chi connectivity index (χ1) is 14.6. The van der Waals surface area contributed by atoms with Crippen LogP contribution >= 0.6 is 22.9 Å². The van der Waals surface area contributed by atoms with Gasteiger partial charge in [-0.1, -0.05) is 22.9 Å². The number of hydrogen-bond acceptors (Lipinski definition) is 6. The van der Waals surface area contributed by atoms with Crippen molar-refractivity contribution in [3.63, 3.8) is 0 Å². The third kappa shape index (κ3) is 4.88. The number of amides is 2. The Morgan fingerprint density at radius 3 is 2.60 bits per heavy atom. The molecule has 0 unspecified atom stereocenters. The van der Waals surface area contributed by atoms with E-state index in [2.05, 4.69) is 20.2 Å². The Bertz CT molecular complexity index is 998. The van der Waals surface area contributed by atoms with E-state index >= 15 is 0 Å². The van der Waals surface area contributed by atoms with Crippen LogP contribution in [0.15, 0.2) is 42.6 Å². The summed E-state index contributed by atoms with van der Waals surface area (Å²) in [6.07, 6.45) is 2.81. The number of halogens is 1. The van der Waals surface area contributed by atoms with Crippen molar-refractivity contribution in [2.45, 2.75) is 12.8 Å². The van der Waals surface area contributed by atoms with Gasteiger partial charge >= 0.3 is 0 Å². The predicted octanol–water partition coefficient (Wildman–Crippen LogP) is 3.20. The number of aromatic nitrogens is 2. The Kier molecular flexibility index (Phi) is 6.44. The molecule has 3 aromatic rings. The lowest BCUT2D eigenvalue weighted by molar-refractivity contribution is -0.131. The molecule has 1 aromatic carbocycles. The van der Waals surface area contributed by atoms with Gasteiger partial charge in [0, 0.05) is 55.9 Å². The highest BCUT2D eigenvalue weighted by atomic mass is 35.5. The second-order valence-electron chi connectivity index (χ2n) is 7.06. The van der Waals surface area contributed by atoms with E-state index in [0.29, 0.717) is 43.1 Å². The van der Waals surface area contributed by atoms with Crippen LogP contribution in [0.3, 0.4) is 0 Å². The molecular weight excluding hydrogens is 422 g/mol. The van der Waals surface area contributed by atoms with Gasteiger partial charge in [0.15, 0.2) is 5.13 Å². The fraction of sp³-hybridized carbons (Fsp3) is 0.333. The van der Waals surface area contributed by atoms with Crippen LogP contribution in [0.2, 0.25) is 5.02 Å². The first-order valence-electron chi connectivity index (χ1n) is 9.88. The lowest BCUT2D eigenvalue weighted by atomic mass is 10.2. The summed E-state index contributed by atoms with van der Waals surface area (Å²) in [5.74, 6) is -0.0283. The minimum absolute atomic E-state index is 0.126. The van der Waals surface area contributed by atoms with E-state index in [4.69, 9.17) is 11.6 Å². The standard InChI is InChI=1S/C21H22ClN5O2S/c22-16-7-5-15(6-8-16)19(29)23-9-2-4-18(28)26-11-13-27(14-12-26)21-25-17-3-1-10-24-20(17)30-21/h1,3,5-8,10H,2,4,9,11-14H2,(H,23,29). The van der Waals surface area contributed by atoms with Gasteiger partial charge in [-0.2, -0.15) is 0 Å². The van der Waals surface area contributed by atoms with Gasteiger partial charge in [0.2, 0.25) is 5.91 Å². The normalized spacial score (nSPS) is 14.2. The highest BCUT2D eigenvalue weighted by Crippen LogP contribution is 2.27. The average Bonchev–Trinajstić information content (AvgIpc) is 3.21. The summed E-state index contributed by atoms with van der Waals surface area (Å²) < 4.78 is 0. The quantitative estimate of drug-likeness (QED) is 0.592. The fourth-order valence-corrected chi connectivity index (χ4v) is 4.43. The Morgan fingerprint density at radius 1 is 1.10 bits per heavy atom. The summed E-state index contributed by atoms with van der Waals surface area (Å²) in [7, 11) is 0. The zero-order valence-corrected chi connectivity index (χ0v) is 18.0. The molecule has 0 spiro atoms. The number of piperazine rings is 1. The van der Waals surface area contributed by atoms with Gasteiger partial charge in [-0.25, -0.2) is 9.97 Å². The minimum Gasteiger partial charge on any atom is -0.352 e. The molecule has 7 nitrogen and oxygen atoms in total. The van der Waals surface area contributed by atoms with Crippen LogP contribution < -0.4 is 10.2 Å². The minimum atomic E-state index is -0.155. The first kappa shape index (κ1) is 20.6. The first-order valence-corrected chi connectivity index (χ1v) is 11.1. The molecule has 4 rings (SSSR count). The maximum atomic E-state index is 12.5. The topological polar surface area (TPSA) is 78.4 Å². The van der Waals surface area contributed by atoms with E-state index in [1.165, 1.54) is 0 Å². The molecular formula is C21H22ClN5O2S. The number of fused-ring (bicyclic) bond motifs is 1. The van der Waals surface area contributed by atoms with E-state index in [0.717, 1.165) is 28.6 Å². The Balaban J connectivity index is 1.19. The summed E-state index contributed by atoms with van der Waals surface area (Å²) in [5, 5.41) is 4.40. The van der Waals surface area contributed by atoms with Crippen LogP contribution in [0.1, 0.15) is 23.2 Å². The van der Waals surface area contributed by atoms with Gasteiger partial charge in [0.25, 0.3) is 5.91 Å². The van der Waals surface area contributed by atoms with Crippen molar-refractivity contribution in [3.8, 4) is 0 Å². The molecule has 0 radical (unpaired) electrons. The number of rotatable bonds is 6. The van der Waals surface area contributed by atoms with Crippen LogP contribution in [-0.4, -0.2) is 59.4 Å². The van der Waals surface area contributed by atoms with E-state index in [1.54, 1.807) is 41.8 Å². The second-order valence-corrected chi connectivity index (χ2v) is 8.45. The van der Waals surface area contributed by atoms with Crippen molar-refractivity contribution in [1.29, 1.82) is 0 Å². The molecule has 2 aromatic heterocycles. The number of hydrogen-bond donors (Lipinski definition) is 1. The Hall–Kier alpha value is -2.71. The lowest BCUT2D eigenvalue weighted by Gasteiger charge is -2.34. The number of nitrogens with one attached hydrogen (secondary N) is 1. The van der Waals surface area contributed by atoms with Gasteiger partial charge in [-0.05, 0) is 42.8 Å². The molecule has 1 saturated heterocycles. The second kappa shape index (κ2) is 9.40. The van der Waals surface area contributed by atoms with E-state index < -0.39 is 0 Å². The fourth-order valence-electron chi connectivity index (χ4n) is 3.34. The molecule has 9 heteroatoms. The van der Waals surface area contributed by atoms with Crippen LogP contribution in [0.25, 0.3) is 10.3 Å². The molecule has 1 aliphatic rings. The van der Waals surface area contributed by atoms with Crippen molar-refractivity contribution >= 4 is 50.2 Å². The summed E-state index contributed by atoms with van der Waals surface area (Å²) in [6.45, 7) is 3.35. The smallest absolute Gasteiger partial charge is 0.251 e. The van der Waals surface area contributed by atoms with E-state index in [-0.39, 0.29) is 11.8 Å².